The number of para-hydroxylation sites is 4. The molecule has 2 aliphatic rings. The molecule has 10 aromatic rings. The van der Waals surface area contributed by atoms with Crippen LogP contribution in [0.4, 0.5) is 17.1 Å². The van der Waals surface area contributed by atoms with Gasteiger partial charge in [-0.3, -0.25) is 0 Å². The molecule has 0 N–H and O–H groups in total. The summed E-state index contributed by atoms with van der Waals surface area (Å²) in [6.07, 6.45) is 0. The normalized spacial score (nSPS) is 13.1. The topological polar surface area (TPSA) is 12.5 Å². The Balaban J connectivity index is 1.03. The van der Waals surface area contributed by atoms with E-state index < -0.39 is 5.41 Å². The lowest BCUT2D eigenvalue weighted by Gasteiger charge is -2.39. The predicted octanol–water partition coefficient (Wildman–Crippen LogP) is 15.3. The van der Waals surface area contributed by atoms with Crippen molar-refractivity contribution >= 4 is 48.6 Å². The van der Waals surface area contributed by atoms with Crippen LogP contribution in [-0.2, 0) is 5.41 Å². The number of fused-ring (bicyclic) bond motifs is 12. The van der Waals surface area contributed by atoms with Crippen LogP contribution in [0.1, 0.15) is 22.3 Å². The van der Waals surface area contributed by atoms with Crippen LogP contribution in [0.2, 0.25) is 0 Å². The summed E-state index contributed by atoms with van der Waals surface area (Å²) in [6.45, 7) is 0. The third-order valence-electron chi connectivity index (χ3n) is 12.1. The van der Waals surface area contributed by atoms with Gasteiger partial charge in [-0.1, -0.05) is 152 Å². The minimum Gasteiger partial charge on any atom is -0.457 e. The lowest BCUT2D eigenvalue weighted by atomic mass is 9.66. The zero-order valence-electron chi connectivity index (χ0n) is 31.5. The van der Waals surface area contributed by atoms with Crippen LogP contribution in [0.5, 0.6) is 11.5 Å². The molecule has 2 heterocycles. The second kappa shape index (κ2) is 12.9. The minimum absolute atomic E-state index is 0.518. The third kappa shape index (κ3) is 4.84. The summed E-state index contributed by atoms with van der Waals surface area (Å²) in [6, 6.07) is 77.4. The SMILES string of the molecule is c1ccc(N(c2cccc(-c3ccc4c(c3)C3(c5ccccc5Oc5ccccc53)c3ccccc3-4)c2)c2ccccc2-c2ccc3c(c2)sc2ccccc23)cc1. The molecule has 0 radical (unpaired) electrons. The zero-order valence-corrected chi connectivity index (χ0v) is 32.3. The number of ether oxygens (including phenoxy) is 1. The Bertz CT molecular complexity index is 3190. The van der Waals surface area contributed by atoms with E-state index in [9.17, 15) is 0 Å². The van der Waals surface area contributed by atoms with E-state index in [-0.39, 0.29) is 0 Å². The maximum Gasteiger partial charge on any atom is 0.132 e. The highest BCUT2D eigenvalue weighted by atomic mass is 32.1. The summed E-state index contributed by atoms with van der Waals surface area (Å²) < 4.78 is 9.22. The molecule has 3 heteroatoms. The first-order valence-electron chi connectivity index (χ1n) is 19.8. The standard InChI is InChI=1S/C55H35NOS/c1-2-16-39(17-3-1)56(50-25-10-5-19-41(50)38-30-32-45-44-21-6-13-28-53(44)58-54(45)35-38)40-18-14-15-36(33-40)37-29-31-43-42-20-4-7-22-46(42)55(49(43)34-37)47-23-8-11-26-51(47)57-52-27-12-9-24-48(52)55/h1-35H. The molecule has 0 fully saturated rings. The lowest BCUT2D eigenvalue weighted by molar-refractivity contribution is 0.436. The van der Waals surface area contributed by atoms with E-state index in [0.717, 1.165) is 34.1 Å². The highest BCUT2D eigenvalue weighted by molar-refractivity contribution is 7.25. The molecule has 2 nitrogen and oxygen atoms in total. The second-order valence-corrected chi connectivity index (χ2v) is 16.3. The van der Waals surface area contributed by atoms with Gasteiger partial charge in [0.1, 0.15) is 11.5 Å². The Morgan fingerprint density at radius 2 is 0.966 bits per heavy atom. The van der Waals surface area contributed by atoms with Gasteiger partial charge in [0.2, 0.25) is 0 Å². The minimum atomic E-state index is -0.518. The molecule has 12 rings (SSSR count). The molecule has 0 amide bonds. The van der Waals surface area contributed by atoms with E-state index in [4.69, 9.17) is 4.74 Å². The monoisotopic (exact) mass is 757 g/mol. The summed E-state index contributed by atoms with van der Waals surface area (Å²) in [5, 5.41) is 2.62. The van der Waals surface area contributed by atoms with Gasteiger partial charge in [-0.2, -0.15) is 0 Å². The summed E-state index contributed by atoms with van der Waals surface area (Å²) in [4.78, 5) is 2.41. The molecule has 0 bridgehead atoms. The van der Waals surface area contributed by atoms with Crippen LogP contribution in [0.15, 0.2) is 212 Å². The van der Waals surface area contributed by atoms with Gasteiger partial charge in [-0.15, -0.1) is 11.3 Å². The predicted molar refractivity (Wildman–Crippen MR) is 242 cm³/mol. The molecule has 1 aromatic heterocycles. The van der Waals surface area contributed by atoms with Crippen molar-refractivity contribution in [3.63, 3.8) is 0 Å². The van der Waals surface area contributed by atoms with E-state index in [0.29, 0.717) is 0 Å². The first-order valence-corrected chi connectivity index (χ1v) is 20.6. The molecule has 0 saturated heterocycles. The van der Waals surface area contributed by atoms with Crippen molar-refractivity contribution in [2.24, 2.45) is 0 Å². The summed E-state index contributed by atoms with van der Waals surface area (Å²) in [7, 11) is 0. The molecule has 1 aliphatic heterocycles. The fraction of sp³-hybridized carbons (Fsp3) is 0.0182. The maximum absolute atomic E-state index is 6.61. The van der Waals surface area contributed by atoms with Gasteiger partial charge in [-0.05, 0) is 99.6 Å². The van der Waals surface area contributed by atoms with E-state index in [1.807, 2.05) is 11.3 Å². The third-order valence-corrected chi connectivity index (χ3v) is 13.3. The highest BCUT2D eigenvalue weighted by Crippen LogP contribution is 2.62. The number of rotatable bonds is 5. The number of thiophene rings is 1. The number of nitrogens with zero attached hydrogens (tertiary/aromatic N) is 1. The molecule has 0 unspecified atom stereocenters. The van der Waals surface area contributed by atoms with Crippen LogP contribution in [0.25, 0.3) is 53.6 Å². The van der Waals surface area contributed by atoms with Gasteiger partial charge in [0, 0.05) is 48.2 Å². The Morgan fingerprint density at radius 3 is 1.79 bits per heavy atom. The van der Waals surface area contributed by atoms with Crippen LogP contribution >= 0.6 is 11.3 Å². The van der Waals surface area contributed by atoms with Crippen molar-refractivity contribution in [2.45, 2.75) is 5.41 Å². The number of hydrogen-bond acceptors (Lipinski definition) is 3. The Morgan fingerprint density at radius 1 is 0.362 bits per heavy atom. The van der Waals surface area contributed by atoms with E-state index >= 15 is 0 Å². The van der Waals surface area contributed by atoms with Crippen molar-refractivity contribution in [1.82, 2.24) is 0 Å². The molecular weight excluding hydrogens is 723 g/mol. The number of benzene rings is 9. The van der Waals surface area contributed by atoms with Crippen molar-refractivity contribution in [2.75, 3.05) is 4.90 Å². The number of hydrogen-bond donors (Lipinski definition) is 0. The molecule has 0 atom stereocenters. The van der Waals surface area contributed by atoms with E-state index in [2.05, 4.69) is 217 Å². The van der Waals surface area contributed by atoms with Crippen LogP contribution < -0.4 is 9.64 Å². The van der Waals surface area contributed by atoms with Gasteiger partial charge < -0.3 is 9.64 Å². The fourth-order valence-corrected chi connectivity index (χ4v) is 10.8. The van der Waals surface area contributed by atoms with E-state index in [1.165, 1.54) is 70.2 Å². The van der Waals surface area contributed by atoms with Crippen molar-refractivity contribution in [3.8, 4) is 44.9 Å². The average Bonchev–Trinajstić information content (AvgIpc) is 3.80. The molecular formula is C55H35NOS. The van der Waals surface area contributed by atoms with Gasteiger partial charge in [0.05, 0.1) is 11.1 Å². The first kappa shape index (κ1) is 33.0. The molecule has 58 heavy (non-hydrogen) atoms. The second-order valence-electron chi connectivity index (χ2n) is 15.2. The average molecular weight is 758 g/mol. The molecule has 0 saturated carbocycles. The Labute approximate surface area is 341 Å². The lowest BCUT2D eigenvalue weighted by Crippen LogP contribution is -2.32. The van der Waals surface area contributed by atoms with Crippen LogP contribution in [0, 0.1) is 0 Å². The van der Waals surface area contributed by atoms with Crippen molar-refractivity contribution in [1.29, 1.82) is 0 Å². The van der Waals surface area contributed by atoms with Gasteiger partial charge in [0.15, 0.2) is 0 Å². The van der Waals surface area contributed by atoms with E-state index in [1.54, 1.807) is 0 Å². The molecule has 1 aliphatic carbocycles. The van der Waals surface area contributed by atoms with Gasteiger partial charge in [-0.25, -0.2) is 0 Å². The highest BCUT2D eigenvalue weighted by Gasteiger charge is 2.51. The van der Waals surface area contributed by atoms with Gasteiger partial charge >= 0.3 is 0 Å². The summed E-state index contributed by atoms with van der Waals surface area (Å²) in [5.41, 5.74) is 15.0. The fourth-order valence-electron chi connectivity index (χ4n) is 9.67. The molecule has 272 valence electrons. The summed E-state index contributed by atoms with van der Waals surface area (Å²) >= 11 is 1.86. The Hall–Kier alpha value is -7.20. The van der Waals surface area contributed by atoms with Crippen molar-refractivity contribution in [3.05, 3.63) is 235 Å². The van der Waals surface area contributed by atoms with Crippen LogP contribution in [0.3, 0.4) is 0 Å². The number of anilines is 3. The smallest absolute Gasteiger partial charge is 0.132 e. The largest absolute Gasteiger partial charge is 0.457 e. The van der Waals surface area contributed by atoms with Crippen LogP contribution in [-0.4, -0.2) is 0 Å². The molecule has 9 aromatic carbocycles. The quantitative estimate of drug-likeness (QED) is 0.173. The Kier molecular flexibility index (Phi) is 7.35. The summed E-state index contributed by atoms with van der Waals surface area (Å²) in [5.74, 6) is 1.81. The van der Waals surface area contributed by atoms with Gasteiger partial charge in [0.25, 0.3) is 0 Å². The van der Waals surface area contributed by atoms with Crippen molar-refractivity contribution < 1.29 is 4.74 Å². The first-order chi connectivity index (χ1) is 28.8. The molecule has 1 spiro atoms. The maximum atomic E-state index is 6.61. The zero-order chi connectivity index (χ0) is 38.2.